The maximum absolute atomic E-state index is 12.7. The van der Waals surface area contributed by atoms with Crippen molar-refractivity contribution in [2.75, 3.05) is 33.3 Å². The van der Waals surface area contributed by atoms with E-state index in [0.29, 0.717) is 19.6 Å². The lowest BCUT2D eigenvalue weighted by Crippen LogP contribution is -2.56. The molecule has 1 atom stereocenters. The van der Waals surface area contributed by atoms with Crippen molar-refractivity contribution in [2.24, 2.45) is 5.41 Å². The number of rotatable bonds is 6. The highest BCUT2D eigenvalue weighted by Gasteiger charge is 2.47. The van der Waals surface area contributed by atoms with Crippen LogP contribution in [-0.4, -0.2) is 60.2 Å². The summed E-state index contributed by atoms with van der Waals surface area (Å²) in [6.45, 7) is 3.80. The summed E-state index contributed by atoms with van der Waals surface area (Å²) < 4.78 is 5.88. The Morgan fingerprint density at radius 1 is 1.03 bits per heavy atom. The summed E-state index contributed by atoms with van der Waals surface area (Å²) in [5.41, 5.74) is 2.18. The van der Waals surface area contributed by atoms with Gasteiger partial charge < -0.3 is 14.7 Å². The third-order valence-electron chi connectivity index (χ3n) is 6.56. The summed E-state index contributed by atoms with van der Waals surface area (Å²) in [5.74, 6) is 1.11. The van der Waals surface area contributed by atoms with Crippen molar-refractivity contribution in [1.82, 2.24) is 9.80 Å². The van der Waals surface area contributed by atoms with Crippen molar-refractivity contribution in [3.05, 3.63) is 65.7 Å². The quantitative estimate of drug-likeness (QED) is 0.798. The van der Waals surface area contributed by atoms with Crippen molar-refractivity contribution < 1.29 is 14.6 Å². The molecule has 2 aromatic rings. The lowest BCUT2D eigenvalue weighted by Gasteiger charge is -2.47. The van der Waals surface area contributed by atoms with E-state index in [2.05, 4.69) is 41.3 Å². The Bertz CT molecular complexity index is 829. The fourth-order valence-electron chi connectivity index (χ4n) is 4.84. The average molecular weight is 409 g/mol. The van der Waals surface area contributed by atoms with Gasteiger partial charge in [0.1, 0.15) is 5.75 Å². The van der Waals surface area contributed by atoms with Crippen molar-refractivity contribution >= 4 is 5.91 Å². The van der Waals surface area contributed by atoms with E-state index < -0.39 is 6.10 Å². The molecule has 30 heavy (non-hydrogen) atoms. The highest BCUT2D eigenvalue weighted by atomic mass is 16.5. The number of aliphatic hydroxyl groups is 1. The molecule has 2 saturated heterocycles. The molecule has 2 heterocycles. The Balaban J connectivity index is 1.25. The molecule has 0 aliphatic carbocycles. The van der Waals surface area contributed by atoms with Gasteiger partial charge in [-0.05, 0) is 55.6 Å². The summed E-state index contributed by atoms with van der Waals surface area (Å²) in [4.78, 5) is 16.8. The molecule has 0 saturated carbocycles. The smallest absolute Gasteiger partial charge is 0.228 e. The van der Waals surface area contributed by atoms with E-state index in [9.17, 15) is 9.90 Å². The summed E-state index contributed by atoms with van der Waals surface area (Å²) in [7, 11) is 1.81. The minimum absolute atomic E-state index is 0.212. The Labute approximate surface area is 179 Å². The van der Waals surface area contributed by atoms with Crippen molar-refractivity contribution in [2.45, 2.75) is 38.3 Å². The van der Waals surface area contributed by atoms with Gasteiger partial charge in [0, 0.05) is 26.6 Å². The number of aliphatic hydroxyl groups excluding tert-OH is 1. The molecule has 1 N–H and O–H groups in total. The molecular formula is C25H32N2O3. The lowest BCUT2D eigenvalue weighted by atomic mass is 9.71. The van der Waals surface area contributed by atoms with Crippen LogP contribution in [0.15, 0.2) is 54.6 Å². The fraction of sp³-hybridized carbons (Fsp3) is 0.480. The van der Waals surface area contributed by atoms with Crippen LogP contribution in [0.25, 0.3) is 0 Å². The summed E-state index contributed by atoms with van der Waals surface area (Å²) >= 11 is 0. The molecule has 2 aliphatic heterocycles. The second-order valence-corrected chi connectivity index (χ2v) is 8.83. The number of carbonyl (C=O) groups excluding carboxylic acids is 1. The van der Waals surface area contributed by atoms with Crippen LogP contribution in [0, 0.1) is 5.41 Å². The van der Waals surface area contributed by atoms with Crippen molar-refractivity contribution in [3.63, 3.8) is 0 Å². The Morgan fingerprint density at radius 2 is 1.73 bits per heavy atom. The number of β-amino-alcohol motifs (C(OH)–C–C–N with tert-alkyl or cyclic N) is 1. The third-order valence-corrected chi connectivity index (χ3v) is 6.56. The van der Waals surface area contributed by atoms with Gasteiger partial charge in [0.05, 0.1) is 18.1 Å². The van der Waals surface area contributed by atoms with E-state index in [1.54, 1.807) is 4.90 Å². The number of piperidine rings is 2. The van der Waals surface area contributed by atoms with Crippen LogP contribution in [0.2, 0.25) is 0 Å². The topological polar surface area (TPSA) is 53.0 Å². The number of benzene rings is 2. The van der Waals surface area contributed by atoms with Crippen molar-refractivity contribution in [3.8, 4) is 5.75 Å². The molecular weight excluding hydrogens is 376 g/mol. The first-order valence-electron chi connectivity index (χ1n) is 11.0. The maximum atomic E-state index is 12.7. The molecule has 1 unspecified atom stereocenters. The minimum atomic E-state index is -0.395. The van der Waals surface area contributed by atoms with Crippen LogP contribution in [0.4, 0.5) is 0 Å². The molecule has 1 spiro atoms. The number of likely N-dealkylation sites (tertiary alicyclic amines) is 2. The Hall–Kier alpha value is -2.37. The van der Waals surface area contributed by atoms with Gasteiger partial charge in [-0.25, -0.2) is 0 Å². The number of carbonyl (C=O) groups is 1. The molecule has 2 aliphatic rings. The first-order valence-corrected chi connectivity index (χ1v) is 11.0. The van der Waals surface area contributed by atoms with Crippen LogP contribution < -0.4 is 4.74 Å². The standard InChI is InChI=1S/C25H32N2O3/c1-26-19-22(28)17-25(24(26)29)12-14-27(15-13-25)18-21-7-9-23(10-8-21)30-16-11-20-5-3-2-4-6-20/h2-10,22,28H,11-19H2,1H3. The van der Waals surface area contributed by atoms with Gasteiger partial charge in [-0.1, -0.05) is 42.5 Å². The van der Waals surface area contributed by atoms with E-state index in [1.807, 2.05) is 25.2 Å². The zero-order chi connectivity index (χ0) is 21.0. The number of nitrogens with zero attached hydrogens (tertiary/aromatic N) is 2. The molecule has 5 nitrogen and oxygen atoms in total. The van der Waals surface area contributed by atoms with Gasteiger partial charge in [-0.15, -0.1) is 0 Å². The number of ether oxygens (including phenoxy) is 1. The highest BCUT2D eigenvalue weighted by molar-refractivity contribution is 5.83. The minimum Gasteiger partial charge on any atom is -0.493 e. The molecule has 4 rings (SSSR count). The van der Waals surface area contributed by atoms with Crippen LogP contribution in [0.3, 0.4) is 0 Å². The first kappa shape index (κ1) is 20.9. The first-order chi connectivity index (χ1) is 14.5. The average Bonchev–Trinajstić information content (AvgIpc) is 2.76. The Kier molecular flexibility index (Phi) is 6.40. The van der Waals surface area contributed by atoms with Crippen LogP contribution >= 0.6 is 0 Å². The second kappa shape index (κ2) is 9.19. The van der Waals surface area contributed by atoms with Crippen LogP contribution in [-0.2, 0) is 17.8 Å². The van der Waals surface area contributed by atoms with E-state index in [-0.39, 0.29) is 11.3 Å². The predicted octanol–water partition coefficient (Wildman–Crippen LogP) is 3.11. The molecule has 0 bridgehead atoms. The van der Waals surface area contributed by atoms with Gasteiger partial charge in [0.15, 0.2) is 0 Å². The van der Waals surface area contributed by atoms with Crippen molar-refractivity contribution in [1.29, 1.82) is 0 Å². The molecule has 5 heteroatoms. The number of hydrogen-bond acceptors (Lipinski definition) is 4. The molecule has 2 fully saturated rings. The van der Waals surface area contributed by atoms with Gasteiger partial charge in [0.2, 0.25) is 5.91 Å². The number of amides is 1. The van der Waals surface area contributed by atoms with Crippen LogP contribution in [0.5, 0.6) is 5.75 Å². The monoisotopic (exact) mass is 408 g/mol. The van der Waals surface area contributed by atoms with Gasteiger partial charge in [-0.3, -0.25) is 9.69 Å². The Morgan fingerprint density at radius 3 is 2.43 bits per heavy atom. The molecule has 1 amide bonds. The van der Waals surface area contributed by atoms with Gasteiger partial charge >= 0.3 is 0 Å². The van der Waals surface area contributed by atoms with Crippen LogP contribution in [0.1, 0.15) is 30.4 Å². The normalized spacial score (nSPS) is 21.7. The zero-order valence-corrected chi connectivity index (χ0v) is 17.8. The van der Waals surface area contributed by atoms with E-state index in [4.69, 9.17) is 4.74 Å². The van der Waals surface area contributed by atoms with E-state index in [0.717, 1.165) is 44.6 Å². The largest absolute Gasteiger partial charge is 0.493 e. The van der Waals surface area contributed by atoms with E-state index >= 15 is 0 Å². The molecule has 0 radical (unpaired) electrons. The van der Waals surface area contributed by atoms with Gasteiger partial charge in [0.25, 0.3) is 0 Å². The fourth-order valence-corrected chi connectivity index (χ4v) is 4.84. The SMILES string of the molecule is CN1CC(O)CC2(CCN(Cc3ccc(OCCc4ccccc4)cc3)CC2)C1=O. The summed E-state index contributed by atoms with van der Waals surface area (Å²) in [6.07, 6.45) is 2.77. The molecule has 160 valence electrons. The predicted molar refractivity (Wildman–Crippen MR) is 117 cm³/mol. The maximum Gasteiger partial charge on any atom is 0.228 e. The number of hydrogen-bond donors (Lipinski definition) is 1. The zero-order valence-electron chi connectivity index (χ0n) is 17.8. The highest BCUT2D eigenvalue weighted by Crippen LogP contribution is 2.40. The molecule has 2 aromatic carbocycles. The lowest BCUT2D eigenvalue weighted by molar-refractivity contribution is -0.154. The third kappa shape index (κ3) is 4.85. The summed E-state index contributed by atoms with van der Waals surface area (Å²) in [5, 5.41) is 10.1. The van der Waals surface area contributed by atoms with E-state index in [1.165, 1.54) is 11.1 Å². The summed E-state index contributed by atoms with van der Waals surface area (Å²) in [6, 6.07) is 18.7. The number of likely N-dealkylation sites (N-methyl/N-ethyl adjacent to an activating group) is 1. The molecule has 0 aromatic heterocycles. The second-order valence-electron chi connectivity index (χ2n) is 8.83. The van der Waals surface area contributed by atoms with Gasteiger partial charge in [-0.2, -0.15) is 0 Å².